The van der Waals surface area contributed by atoms with Gasteiger partial charge >= 0.3 is 0 Å². The Bertz CT molecular complexity index is 652. The molecule has 1 unspecified atom stereocenters. The van der Waals surface area contributed by atoms with Gasteiger partial charge in [0.15, 0.2) is 0 Å². The van der Waals surface area contributed by atoms with Gasteiger partial charge in [0.2, 0.25) is 0 Å². The van der Waals surface area contributed by atoms with Crippen LogP contribution < -0.4 is 0 Å². The summed E-state index contributed by atoms with van der Waals surface area (Å²) in [5.74, 6) is 1.26. The predicted octanol–water partition coefficient (Wildman–Crippen LogP) is 3.39. The highest BCUT2D eigenvalue weighted by Crippen LogP contribution is 2.27. The number of carbonyl (C=O) groups is 1. The number of H-pyrrole nitrogens is 1. The van der Waals surface area contributed by atoms with Crippen molar-refractivity contribution in [3.8, 4) is 0 Å². The van der Waals surface area contributed by atoms with Gasteiger partial charge in [-0.1, -0.05) is 23.7 Å². The monoisotopic (exact) mass is 303 g/mol. The van der Waals surface area contributed by atoms with E-state index in [2.05, 4.69) is 9.97 Å². The molecule has 1 amide bonds. The summed E-state index contributed by atoms with van der Waals surface area (Å²) in [6.07, 6.45) is 3.88. The van der Waals surface area contributed by atoms with Crippen molar-refractivity contribution >= 4 is 17.5 Å². The molecule has 1 saturated heterocycles. The standard InChI is InChI=1S/C16H18ClN3O/c1-11-9-18-15(19-11)12-5-4-8-20(10-12)16(21)13-6-2-3-7-14(13)17/h2-3,6-7,9,12H,4-5,8,10H2,1H3,(H,18,19). The third kappa shape index (κ3) is 2.95. The number of amides is 1. The molecule has 1 aromatic heterocycles. The molecule has 1 aliphatic rings. The lowest BCUT2D eigenvalue weighted by atomic mass is 9.96. The van der Waals surface area contributed by atoms with Gasteiger partial charge in [0, 0.05) is 30.9 Å². The quantitative estimate of drug-likeness (QED) is 0.924. The first-order chi connectivity index (χ1) is 10.1. The lowest BCUT2D eigenvalue weighted by Crippen LogP contribution is -2.39. The molecule has 4 nitrogen and oxygen atoms in total. The van der Waals surface area contributed by atoms with Crippen LogP contribution in [0.1, 0.15) is 40.6 Å². The van der Waals surface area contributed by atoms with Gasteiger partial charge in [0.05, 0.1) is 10.6 Å². The molecule has 1 atom stereocenters. The van der Waals surface area contributed by atoms with Crippen molar-refractivity contribution in [1.82, 2.24) is 14.9 Å². The Morgan fingerprint density at radius 2 is 2.24 bits per heavy atom. The topological polar surface area (TPSA) is 49.0 Å². The number of hydrogen-bond acceptors (Lipinski definition) is 2. The Labute approximate surface area is 129 Å². The second-order valence-corrected chi connectivity index (χ2v) is 5.93. The zero-order chi connectivity index (χ0) is 14.8. The highest BCUT2D eigenvalue weighted by atomic mass is 35.5. The van der Waals surface area contributed by atoms with E-state index in [1.54, 1.807) is 12.1 Å². The molecule has 0 saturated carbocycles. The lowest BCUT2D eigenvalue weighted by molar-refractivity contribution is 0.0705. The van der Waals surface area contributed by atoms with Crippen LogP contribution in [0.15, 0.2) is 30.5 Å². The number of imidazole rings is 1. The number of nitrogens with zero attached hydrogens (tertiary/aromatic N) is 2. The summed E-state index contributed by atoms with van der Waals surface area (Å²) in [4.78, 5) is 22.2. The summed E-state index contributed by atoms with van der Waals surface area (Å²) in [7, 11) is 0. The molecule has 0 aliphatic carbocycles. The number of piperidine rings is 1. The molecule has 0 bridgehead atoms. The number of aromatic nitrogens is 2. The van der Waals surface area contributed by atoms with Gasteiger partial charge in [0.25, 0.3) is 5.91 Å². The highest BCUT2D eigenvalue weighted by molar-refractivity contribution is 6.33. The maximum Gasteiger partial charge on any atom is 0.255 e. The van der Waals surface area contributed by atoms with Crippen molar-refractivity contribution in [2.45, 2.75) is 25.7 Å². The van der Waals surface area contributed by atoms with Gasteiger partial charge < -0.3 is 9.88 Å². The fourth-order valence-electron chi connectivity index (χ4n) is 2.83. The number of hydrogen-bond donors (Lipinski definition) is 1. The van der Waals surface area contributed by atoms with Gasteiger partial charge in [0.1, 0.15) is 5.82 Å². The second kappa shape index (κ2) is 5.90. The van der Waals surface area contributed by atoms with Crippen LogP contribution in [0.4, 0.5) is 0 Å². The molecule has 1 aliphatic heterocycles. The zero-order valence-corrected chi connectivity index (χ0v) is 12.7. The Hall–Kier alpha value is -1.81. The minimum atomic E-state index is 0.00794. The van der Waals surface area contributed by atoms with Crippen LogP contribution in [0.5, 0.6) is 0 Å². The molecule has 1 aromatic carbocycles. The zero-order valence-electron chi connectivity index (χ0n) is 12.0. The number of halogens is 1. The highest BCUT2D eigenvalue weighted by Gasteiger charge is 2.27. The van der Waals surface area contributed by atoms with E-state index in [9.17, 15) is 4.79 Å². The fraction of sp³-hybridized carbons (Fsp3) is 0.375. The number of likely N-dealkylation sites (tertiary alicyclic amines) is 1. The molecule has 1 fully saturated rings. The molecule has 3 rings (SSSR count). The molecule has 1 N–H and O–H groups in total. The van der Waals surface area contributed by atoms with Crippen LogP contribution in [-0.2, 0) is 0 Å². The summed E-state index contributed by atoms with van der Waals surface area (Å²) in [6.45, 7) is 3.46. The van der Waals surface area contributed by atoms with Gasteiger partial charge in [-0.25, -0.2) is 4.98 Å². The Kier molecular flexibility index (Phi) is 3.97. The maximum absolute atomic E-state index is 12.6. The first-order valence-corrected chi connectivity index (χ1v) is 7.58. The molecule has 0 radical (unpaired) electrons. The van der Waals surface area contributed by atoms with Crippen molar-refractivity contribution in [2.75, 3.05) is 13.1 Å². The van der Waals surface area contributed by atoms with E-state index in [1.165, 1.54) is 0 Å². The Balaban J connectivity index is 1.77. The van der Waals surface area contributed by atoms with Crippen LogP contribution >= 0.6 is 11.6 Å². The number of aromatic amines is 1. The SMILES string of the molecule is Cc1cnc(C2CCCN(C(=O)c3ccccc3Cl)C2)[nH]1. The smallest absolute Gasteiger partial charge is 0.255 e. The lowest BCUT2D eigenvalue weighted by Gasteiger charge is -2.32. The van der Waals surface area contributed by atoms with E-state index in [4.69, 9.17) is 11.6 Å². The van der Waals surface area contributed by atoms with E-state index >= 15 is 0 Å². The minimum absolute atomic E-state index is 0.00794. The first kappa shape index (κ1) is 14.1. The van der Waals surface area contributed by atoms with Gasteiger partial charge in [-0.15, -0.1) is 0 Å². The van der Waals surface area contributed by atoms with Crippen LogP contribution in [0.3, 0.4) is 0 Å². The average Bonchev–Trinajstić information content (AvgIpc) is 2.94. The van der Waals surface area contributed by atoms with Gasteiger partial charge in [-0.2, -0.15) is 0 Å². The van der Waals surface area contributed by atoms with Crippen molar-refractivity contribution in [3.63, 3.8) is 0 Å². The summed E-state index contributed by atoms with van der Waals surface area (Å²) in [6, 6.07) is 7.22. The maximum atomic E-state index is 12.6. The molecule has 2 heterocycles. The van der Waals surface area contributed by atoms with E-state index in [0.717, 1.165) is 30.9 Å². The predicted molar refractivity (Wildman–Crippen MR) is 82.7 cm³/mol. The molecule has 21 heavy (non-hydrogen) atoms. The third-order valence-electron chi connectivity index (χ3n) is 3.92. The Morgan fingerprint density at radius 3 is 2.95 bits per heavy atom. The van der Waals surface area contributed by atoms with Crippen molar-refractivity contribution in [1.29, 1.82) is 0 Å². The normalized spacial score (nSPS) is 18.8. The van der Waals surface area contributed by atoms with Crippen molar-refractivity contribution in [2.24, 2.45) is 0 Å². The van der Waals surface area contributed by atoms with Crippen LogP contribution in [0.2, 0.25) is 5.02 Å². The average molecular weight is 304 g/mol. The number of rotatable bonds is 2. The number of benzene rings is 1. The number of aryl methyl sites for hydroxylation is 1. The van der Waals surface area contributed by atoms with E-state index in [-0.39, 0.29) is 11.8 Å². The van der Waals surface area contributed by atoms with E-state index in [0.29, 0.717) is 17.1 Å². The number of nitrogens with one attached hydrogen (secondary N) is 1. The molecular weight excluding hydrogens is 286 g/mol. The fourth-order valence-corrected chi connectivity index (χ4v) is 3.05. The molecule has 110 valence electrons. The number of carbonyl (C=O) groups excluding carboxylic acids is 1. The summed E-state index contributed by atoms with van der Waals surface area (Å²) < 4.78 is 0. The Morgan fingerprint density at radius 1 is 1.43 bits per heavy atom. The van der Waals surface area contributed by atoms with E-state index < -0.39 is 0 Å². The third-order valence-corrected chi connectivity index (χ3v) is 4.25. The van der Waals surface area contributed by atoms with Gasteiger partial charge in [-0.05, 0) is 31.9 Å². The summed E-state index contributed by atoms with van der Waals surface area (Å²) in [5, 5.41) is 0.512. The molecule has 2 aromatic rings. The summed E-state index contributed by atoms with van der Waals surface area (Å²) in [5.41, 5.74) is 1.63. The molecule has 5 heteroatoms. The van der Waals surface area contributed by atoms with Crippen LogP contribution in [0, 0.1) is 6.92 Å². The van der Waals surface area contributed by atoms with Crippen LogP contribution in [-0.4, -0.2) is 33.9 Å². The second-order valence-electron chi connectivity index (χ2n) is 5.52. The largest absolute Gasteiger partial charge is 0.346 e. The summed E-state index contributed by atoms with van der Waals surface area (Å²) >= 11 is 6.13. The van der Waals surface area contributed by atoms with Crippen molar-refractivity contribution < 1.29 is 4.79 Å². The van der Waals surface area contributed by atoms with E-state index in [1.807, 2.05) is 30.2 Å². The molecular formula is C16H18ClN3O. The van der Waals surface area contributed by atoms with Gasteiger partial charge in [-0.3, -0.25) is 4.79 Å². The molecule has 0 spiro atoms. The van der Waals surface area contributed by atoms with Crippen LogP contribution in [0.25, 0.3) is 0 Å². The first-order valence-electron chi connectivity index (χ1n) is 7.20. The minimum Gasteiger partial charge on any atom is -0.346 e. The van der Waals surface area contributed by atoms with Crippen molar-refractivity contribution in [3.05, 3.63) is 52.6 Å².